The fourth-order valence-corrected chi connectivity index (χ4v) is 0.945. The number of amides is 1. The van der Waals surface area contributed by atoms with Crippen LogP contribution in [0.3, 0.4) is 0 Å². The standard InChI is InChI=1S/C8H6F3NO.2C2HF3O2/c9-8(10,11)6-4-2-1-3-5(6)7(12)13;2*3-2(4,5)1(6)7/h1-4H,(H2,12,13);2*(H,6,7). The van der Waals surface area contributed by atoms with Gasteiger partial charge in [-0.2, -0.15) is 39.5 Å². The fraction of sp³-hybridized carbons (Fsp3) is 0.250. The Kier molecular flexibility index (Phi) is 9.36. The Labute approximate surface area is 143 Å². The third-order valence-electron chi connectivity index (χ3n) is 1.98. The van der Waals surface area contributed by atoms with Crippen LogP contribution >= 0.6 is 0 Å². The predicted octanol–water partition coefficient (Wildman–Crippen LogP) is 3.07. The number of carbonyl (C=O) groups excluding carboxylic acids is 1. The van der Waals surface area contributed by atoms with Crippen LogP contribution in [0.25, 0.3) is 0 Å². The van der Waals surface area contributed by atoms with Crippen LogP contribution in [0.1, 0.15) is 15.9 Å². The van der Waals surface area contributed by atoms with Gasteiger partial charge in [0.25, 0.3) is 0 Å². The van der Waals surface area contributed by atoms with Crippen LogP contribution < -0.4 is 5.73 Å². The minimum Gasteiger partial charge on any atom is -0.475 e. The van der Waals surface area contributed by atoms with Crippen LogP contribution in [0.2, 0.25) is 0 Å². The Morgan fingerprint density at radius 3 is 1.22 bits per heavy atom. The topological polar surface area (TPSA) is 118 Å². The molecule has 0 saturated heterocycles. The second-order valence-electron chi connectivity index (χ2n) is 4.01. The minimum atomic E-state index is -5.08. The van der Waals surface area contributed by atoms with Crippen molar-refractivity contribution in [3.05, 3.63) is 35.4 Å². The number of alkyl halides is 9. The molecule has 0 radical (unpaired) electrons. The summed E-state index contributed by atoms with van der Waals surface area (Å²) < 4.78 is 100. The van der Waals surface area contributed by atoms with Crippen molar-refractivity contribution in [3.63, 3.8) is 0 Å². The van der Waals surface area contributed by atoms with Gasteiger partial charge in [-0.1, -0.05) is 12.1 Å². The van der Waals surface area contributed by atoms with Crippen molar-refractivity contribution in [2.24, 2.45) is 5.73 Å². The van der Waals surface area contributed by atoms with Crippen LogP contribution in [0.4, 0.5) is 39.5 Å². The summed E-state index contributed by atoms with van der Waals surface area (Å²) in [5.74, 6) is -6.59. The minimum absolute atomic E-state index is 0.505. The summed E-state index contributed by atoms with van der Waals surface area (Å²) in [5, 5.41) is 14.2. The van der Waals surface area contributed by atoms with Crippen LogP contribution in [-0.2, 0) is 15.8 Å². The molecule has 6 nitrogen and oxygen atoms in total. The highest BCUT2D eigenvalue weighted by Crippen LogP contribution is 2.31. The molecule has 0 aliphatic heterocycles. The van der Waals surface area contributed by atoms with E-state index < -0.39 is 47.5 Å². The third kappa shape index (κ3) is 11.3. The quantitative estimate of drug-likeness (QED) is 0.608. The molecule has 1 rings (SSSR count). The maximum Gasteiger partial charge on any atom is 0.490 e. The first-order valence-electron chi connectivity index (χ1n) is 5.88. The van der Waals surface area contributed by atoms with Gasteiger partial charge in [-0.05, 0) is 12.1 Å². The Hall–Kier alpha value is -3.00. The van der Waals surface area contributed by atoms with Gasteiger partial charge in [0.1, 0.15) is 0 Å². The van der Waals surface area contributed by atoms with Gasteiger partial charge in [0.15, 0.2) is 0 Å². The Bertz CT molecular complexity index is 640. The first-order chi connectivity index (χ1) is 11.8. The molecular weight excluding hydrogens is 409 g/mol. The van der Waals surface area contributed by atoms with E-state index in [1.165, 1.54) is 12.1 Å². The number of carboxylic acid groups (broad SMARTS) is 2. The van der Waals surface area contributed by atoms with E-state index in [1.807, 2.05) is 0 Å². The number of rotatable bonds is 1. The average molecular weight is 417 g/mol. The third-order valence-corrected chi connectivity index (χ3v) is 1.98. The number of halogens is 9. The highest BCUT2D eigenvalue weighted by atomic mass is 19.4. The number of carboxylic acids is 2. The van der Waals surface area contributed by atoms with Crippen LogP contribution in [0, 0.1) is 0 Å². The molecular formula is C12H8F9NO5. The number of aliphatic carboxylic acids is 2. The number of hydrogen-bond donors (Lipinski definition) is 3. The molecule has 1 aromatic rings. The molecule has 0 aliphatic carbocycles. The monoisotopic (exact) mass is 417 g/mol. The van der Waals surface area contributed by atoms with E-state index in [4.69, 9.17) is 25.5 Å². The van der Waals surface area contributed by atoms with E-state index >= 15 is 0 Å². The molecule has 1 aromatic carbocycles. The van der Waals surface area contributed by atoms with Crippen LogP contribution in [0.15, 0.2) is 24.3 Å². The van der Waals surface area contributed by atoms with Crippen molar-refractivity contribution in [3.8, 4) is 0 Å². The van der Waals surface area contributed by atoms with Crippen molar-refractivity contribution in [2.75, 3.05) is 0 Å². The van der Waals surface area contributed by atoms with Crippen molar-refractivity contribution in [1.82, 2.24) is 0 Å². The molecule has 0 aliphatic rings. The number of nitrogens with two attached hydrogens (primary N) is 1. The SMILES string of the molecule is NC(=O)c1ccccc1C(F)(F)F.O=C(O)C(F)(F)F.O=C(O)C(F)(F)F. The molecule has 0 heterocycles. The molecule has 0 aromatic heterocycles. The maximum absolute atomic E-state index is 12.2. The van der Waals surface area contributed by atoms with E-state index in [-0.39, 0.29) is 0 Å². The smallest absolute Gasteiger partial charge is 0.475 e. The first kappa shape index (κ1) is 26.2. The summed E-state index contributed by atoms with van der Waals surface area (Å²) in [4.78, 5) is 28.4. The summed E-state index contributed by atoms with van der Waals surface area (Å²) in [5.41, 5.74) is 3.27. The molecule has 0 saturated carbocycles. The predicted molar refractivity (Wildman–Crippen MR) is 67.3 cm³/mol. The first-order valence-corrected chi connectivity index (χ1v) is 5.88. The Balaban J connectivity index is 0. The summed E-state index contributed by atoms with van der Waals surface area (Å²) in [6.45, 7) is 0. The Morgan fingerprint density at radius 1 is 0.741 bits per heavy atom. The van der Waals surface area contributed by atoms with E-state index in [1.54, 1.807) is 0 Å². The Morgan fingerprint density at radius 2 is 1.04 bits per heavy atom. The van der Waals surface area contributed by atoms with E-state index in [0.717, 1.165) is 12.1 Å². The van der Waals surface area contributed by atoms with Gasteiger partial charge >= 0.3 is 30.5 Å². The van der Waals surface area contributed by atoms with Crippen molar-refractivity contribution >= 4 is 17.8 Å². The van der Waals surface area contributed by atoms with Gasteiger partial charge in [0.05, 0.1) is 11.1 Å². The summed E-state index contributed by atoms with van der Waals surface area (Å²) in [6.07, 6.45) is -14.7. The summed E-state index contributed by atoms with van der Waals surface area (Å²) in [6, 6.07) is 4.40. The highest BCUT2D eigenvalue weighted by Gasteiger charge is 2.39. The lowest BCUT2D eigenvalue weighted by Gasteiger charge is -2.09. The second-order valence-corrected chi connectivity index (χ2v) is 4.01. The molecule has 15 heteroatoms. The molecule has 0 atom stereocenters. The normalized spacial score (nSPS) is 11.3. The largest absolute Gasteiger partial charge is 0.490 e. The van der Waals surface area contributed by atoms with Gasteiger partial charge in [0.2, 0.25) is 5.91 Å². The zero-order valence-corrected chi connectivity index (χ0v) is 12.4. The van der Waals surface area contributed by atoms with E-state index in [2.05, 4.69) is 0 Å². The second kappa shape index (κ2) is 9.63. The molecule has 27 heavy (non-hydrogen) atoms. The number of primary amides is 1. The van der Waals surface area contributed by atoms with Crippen molar-refractivity contribution in [1.29, 1.82) is 0 Å². The molecule has 154 valence electrons. The molecule has 0 spiro atoms. The van der Waals surface area contributed by atoms with Gasteiger partial charge in [-0.15, -0.1) is 0 Å². The van der Waals surface area contributed by atoms with Crippen molar-refractivity contribution < 1.29 is 64.1 Å². The lowest BCUT2D eigenvalue weighted by Crippen LogP contribution is -2.21. The van der Waals surface area contributed by atoms with Gasteiger partial charge < -0.3 is 15.9 Å². The zero-order chi connectivity index (χ0) is 22.2. The molecule has 0 bridgehead atoms. The van der Waals surface area contributed by atoms with Crippen LogP contribution in [0.5, 0.6) is 0 Å². The molecule has 1 amide bonds. The van der Waals surface area contributed by atoms with Gasteiger partial charge in [0, 0.05) is 0 Å². The number of benzene rings is 1. The zero-order valence-electron chi connectivity index (χ0n) is 12.4. The lowest BCUT2D eigenvalue weighted by molar-refractivity contribution is -0.193. The molecule has 0 unspecified atom stereocenters. The van der Waals surface area contributed by atoms with Crippen LogP contribution in [-0.4, -0.2) is 40.4 Å². The lowest BCUT2D eigenvalue weighted by atomic mass is 10.1. The van der Waals surface area contributed by atoms with Gasteiger partial charge in [-0.25, -0.2) is 9.59 Å². The van der Waals surface area contributed by atoms with Gasteiger partial charge in [-0.3, -0.25) is 4.79 Å². The van der Waals surface area contributed by atoms with Crippen molar-refractivity contribution in [2.45, 2.75) is 18.5 Å². The molecule has 4 N–H and O–H groups in total. The van der Waals surface area contributed by atoms with E-state index in [9.17, 15) is 44.3 Å². The summed E-state index contributed by atoms with van der Waals surface area (Å²) >= 11 is 0. The van der Waals surface area contributed by atoms with E-state index in [0.29, 0.717) is 0 Å². The number of carbonyl (C=O) groups is 3. The fourth-order valence-electron chi connectivity index (χ4n) is 0.945. The highest BCUT2D eigenvalue weighted by molar-refractivity contribution is 5.94. The summed E-state index contributed by atoms with van der Waals surface area (Å²) in [7, 11) is 0. The average Bonchev–Trinajstić information content (AvgIpc) is 2.45. The maximum atomic E-state index is 12.2. The molecule has 0 fully saturated rings. The number of hydrogen-bond acceptors (Lipinski definition) is 3.